The molecule has 2 aliphatic rings. The average Bonchev–Trinajstić information content (AvgIpc) is 2.93. The van der Waals surface area contributed by atoms with Crippen molar-refractivity contribution in [3.8, 4) is 0 Å². The molecule has 2 N–H and O–H groups in total. The quantitative estimate of drug-likeness (QED) is 0.652. The van der Waals surface area contributed by atoms with Crippen LogP contribution in [0, 0.1) is 22.0 Å². The fourth-order valence-corrected chi connectivity index (χ4v) is 5.33. The molecule has 0 radical (unpaired) electrons. The molecule has 1 heterocycles. The summed E-state index contributed by atoms with van der Waals surface area (Å²) < 4.78 is 27.0. The van der Waals surface area contributed by atoms with Gasteiger partial charge in [-0.05, 0) is 30.7 Å². The minimum absolute atomic E-state index is 0. The molecule has 1 saturated carbocycles. The second-order valence-corrected chi connectivity index (χ2v) is 7.97. The van der Waals surface area contributed by atoms with E-state index in [4.69, 9.17) is 5.73 Å². The Hall–Kier alpha value is -1.22. The van der Waals surface area contributed by atoms with E-state index in [0.29, 0.717) is 13.1 Å². The number of fused-ring (bicyclic) bond motifs is 1. The van der Waals surface area contributed by atoms with Gasteiger partial charge in [0.25, 0.3) is 5.69 Å². The van der Waals surface area contributed by atoms with Crippen LogP contribution in [0.1, 0.15) is 19.3 Å². The lowest BCUT2D eigenvalue weighted by Gasteiger charge is -2.29. The lowest BCUT2D eigenvalue weighted by Crippen LogP contribution is -2.38. The molecule has 1 saturated heterocycles. The highest BCUT2D eigenvalue weighted by atomic mass is 35.5. The Bertz CT molecular complexity index is 697. The number of nitrogens with two attached hydrogens (primary N) is 1. The van der Waals surface area contributed by atoms with Crippen LogP contribution in [-0.4, -0.2) is 36.8 Å². The Kier molecular flexibility index (Phi) is 5.30. The molecular weight excluding hydrogens is 342 g/mol. The van der Waals surface area contributed by atoms with Crippen LogP contribution in [0.5, 0.6) is 0 Å². The summed E-state index contributed by atoms with van der Waals surface area (Å²) in [5.41, 5.74) is 5.74. The van der Waals surface area contributed by atoms with Crippen LogP contribution >= 0.6 is 12.4 Å². The third-order valence-electron chi connectivity index (χ3n) is 4.80. The van der Waals surface area contributed by atoms with Gasteiger partial charge in [-0.1, -0.05) is 18.6 Å². The van der Waals surface area contributed by atoms with E-state index in [0.717, 1.165) is 19.3 Å². The number of para-hydroxylation sites is 1. The smallest absolute Gasteiger partial charge is 0.289 e. The van der Waals surface area contributed by atoms with Crippen molar-refractivity contribution in [3.05, 3.63) is 34.4 Å². The van der Waals surface area contributed by atoms with Gasteiger partial charge in [0, 0.05) is 25.2 Å². The molecule has 2 fully saturated rings. The molecule has 1 aliphatic carbocycles. The number of nitrogens with zero attached hydrogens (tertiary/aromatic N) is 2. The second kappa shape index (κ2) is 6.72. The molecule has 3 rings (SSSR count). The zero-order valence-corrected chi connectivity index (χ0v) is 14.1. The Morgan fingerprint density at radius 3 is 2.57 bits per heavy atom. The van der Waals surface area contributed by atoms with E-state index in [1.165, 1.54) is 28.6 Å². The highest BCUT2D eigenvalue weighted by Gasteiger charge is 2.44. The maximum Gasteiger partial charge on any atom is 0.289 e. The van der Waals surface area contributed by atoms with Crippen molar-refractivity contribution in [3.63, 3.8) is 0 Å². The molecule has 0 aromatic heterocycles. The van der Waals surface area contributed by atoms with E-state index in [1.807, 2.05) is 0 Å². The number of halogens is 1. The summed E-state index contributed by atoms with van der Waals surface area (Å²) in [4.78, 5) is 10.2. The predicted octanol–water partition coefficient (Wildman–Crippen LogP) is 1.76. The van der Waals surface area contributed by atoms with Gasteiger partial charge >= 0.3 is 0 Å². The van der Waals surface area contributed by atoms with E-state index in [2.05, 4.69) is 0 Å². The van der Waals surface area contributed by atoms with Gasteiger partial charge in [0.05, 0.1) is 4.92 Å². The zero-order chi connectivity index (χ0) is 15.9. The van der Waals surface area contributed by atoms with Crippen LogP contribution in [0.4, 0.5) is 5.69 Å². The normalized spacial score (nSPS) is 28.0. The summed E-state index contributed by atoms with van der Waals surface area (Å²) in [7, 11) is -3.86. The van der Waals surface area contributed by atoms with Crippen molar-refractivity contribution >= 4 is 28.1 Å². The Balaban J connectivity index is 0.00000192. The molecule has 1 aromatic rings. The maximum atomic E-state index is 12.8. The number of nitro groups is 1. The van der Waals surface area contributed by atoms with E-state index >= 15 is 0 Å². The first kappa shape index (κ1) is 18.1. The third-order valence-corrected chi connectivity index (χ3v) is 6.68. The Morgan fingerprint density at radius 2 is 1.91 bits per heavy atom. The lowest BCUT2D eigenvalue weighted by molar-refractivity contribution is -0.387. The number of sulfonamides is 1. The summed E-state index contributed by atoms with van der Waals surface area (Å²) in [6.45, 7) is 0.771. The number of benzene rings is 1. The standard InChI is InChI=1S/C14H19N3O4S.ClH/c15-12-5-3-4-10-8-16(9-11(10)12)22(20,21)14-7-2-1-6-13(14)17(18)19;/h1-2,6-7,10-12H,3-5,8-9,15H2;1H. The van der Waals surface area contributed by atoms with Crippen LogP contribution in [0.15, 0.2) is 29.2 Å². The first-order valence-corrected chi connectivity index (χ1v) is 8.84. The van der Waals surface area contributed by atoms with Crippen molar-refractivity contribution in [2.45, 2.75) is 30.2 Å². The molecule has 9 heteroatoms. The first-order valence-electron chi connectivity index (χ1n) is 7.40. The molecule has 0 bridgehead atoms. The van der Waals surface area contributed by atoms with Gasteiger partial charge in [-0.15, -0.1) is 12.4 Å². The third kappa shape index (κ3) is 3.21. The molecule has 7 nitrogen and oxygen atoms in total. The van der Waals surface area contributed by atoms with E-state index < -0.39 is 14.9 Å². The number of rotatable bonds is 3. The SMILES string of the molecule is Cl.NC1CCCC2CN(S(=O)(=O)c3ccccc3[N+](=O)[O-])CC12. The number of nitro benzene ring substituents is 1. The van der Waals surface area contributed by atoms with E-state index in [1.54, 1.807) is 0 Å². The van der Waals surface area contributed by atoms with Gasteiger partial charge < -0.3 is 5.73 Å². The maximum absolute atomic E-state index is 12.8. The summed E-state index contributed by atoms with van der Waals surface area (Å²) >= 11 is 0. The fraction of sp³-hybridized carbons (Fsp3) is 0.571. The molecule has 1 aliphatic heterocycles. The number of hydrogen-bond acceptors (Lipinski definition) is 5. The van der Waals surface area contributed by atoms with Crippen LogP contribution in [0.25, 0.3) is 0 Å². The lowest BCUT2D eigenvalue weighted by atomic mass is 9.78. The fourth-order valence-electron chi connectivity index (χ4n) is 3.64. The summed E-state index contributed by atoms with van der Waals surface area (Å²) in [6.07, 6.45) is 2.91. The van der Waals surface area contributed by atoms with Crippen molar-refractivity contribution in [1.82, 2.24) is 4.31 Å². The molecule has 0 spiro atoms. The van der Waals surface area contributed by atoms with Crippen molar-refractivity contribution in [2.24, 2.45) is 17.6 Å². The van der Waals surface area contributed by atoms with Crippen LogP contribution < -0.4 is 5.73 Å². The monoisotopic (exact) mass is 361 g/mol. The van der Waals surface area contributed by atoms with Gasteiger partial charge in [-0.3, -0.25) is 10.1 Å². The molecule has 3 atom stereocenters. The Morgan fingerprint density at radius 1 is 1.22 bits per heavy atom. The van der Waals surface area contributed by atoms with Crippen LogP contribution in [0.3, 0.4) is 0 Å². The zero-order valence-electron chi connectivity index (χ0n) is 12.5. The van der Waals surface area contributed by atoms with Gasteiger partial charge in [-0.25, -0.2) is 8.42 Å². The van der Waals surface area contributed by atoms with Gasteiger partial charge in [0.1, 0.15) is 0 Å². The average molecular weight is 362 g/mol. The van der Waals surface area contributed by atoms with Gasteiger partial charge in [0.2, 0.25) is 10.0 Å². The molecule has 128 valence electrons. The van der Waals surface area contributed by atoms with Gasteiger partial charge in [0.15, 0.2) is 4.90 Å². The van der Waals surface area contributed by atoms with Crippen molar-refractivity contribution in [2.75, 3.05) is 13.1 Å². The van der Waals surface area contributed by atoms with E-state index in [-0.39, 0.29) is 40.9 Å². The topological polar surface area (TPSA) is 107 Å². The minimum atomic E-state index is -3.86. The predicted molar refractivity (Wildman–Crippen MR) is 87.9 cm³/mol. The van der Waals surface area contributed by atoms with Crippen LogP contribution in [0.2, 0.25) is 0 Å². The summed E-state index contributed by atoms with van der Waals surface area (Å²) in [5, 5.41) is 11.1. The molecular formula is C14H20ClN3O4S. The minimum Gasteiger partial charge on any atom is -0.327 e. The Labute approximate surface area is 141 Å². The number of hydrogen-bond donors (Lipinski definition) is 1. The second-order valence-electron chi connectivity index (χ2n) is 6.07. The van der Waals surface area contributed by atoms with Crippen molar-refractivity contribution in [1.29, 1.82) is 0 Å². The van der Waals surface area contributed by atoms with E-state index in [9.17, 15) is 18.5 Å². The van der Waals surface area contributed by atoms with Gasteiger partial charge in [-0.2, -0.15) is 4.31 Å². The molecule has 3 unspecified atom stereocenters. The largest absolute Gasteiger partial charge is 0.327 e. The summed E-state index contributed by atoms with van der Waals surface area (Å²) in [5.74, 6) is 0.424. The molecule has 0 amide bonds. The summed E-state index contributed by atoms with van der Waals surface area (Å²) in [6, 6.07) is 5.52. The van der Waals surface area contributed by atoms with Crippen molar-refractivity contribution < 1.29 is 13.3 Å². The van der Waals surface area contributed by atoms with Crippen LogP contribution in [-0.2, 0) is 10.0 Å². The highest BCUT2D eigenvalue weighted by Crippen LogP contribution is 2.38. The molecule has 1 aromatic carbocycles. The molecule has 23 heavy (non-hydrogen) atoms. The highest BCUT2D eigenvalue weighted by molar-refractivity contribution is 7.89. The first-order chi connectivity index (χ1) is 10.4.